The fraction of sp³-hybridized carbons (Fsp3) is 0.310. The Morgan fingerprint density at radius 3 is 2.46 bits per heavy atom. The second kappa shape index (κ2) is 10.2. The summed E-state index contributed by atoms with van der Waals surface area (Å²) in [6.07, 6.45) is 3.17. The van der Waals surface area contributed by atoms with Crippen molar-refractivity contribution >= 4 is 28.6 Å². The second-order valence-electron chi connectivity index (χ2n) is 9.48. The van der Waals surface area contributed by atoms with Gasteiger partial charge in [0, 0.05) is 36.8 Å². The molecule has 1 amide bonds. The zero-order valence-electron chi connectivity index (χ0n) is 21.0. The number of hydrogen-bond donors (Lipinski definition) is 1. The minimum absolute atomic E-state index is 0.00298. The summed E-state index contributed by atoms with van der Waals surface area (Å²) in [5, 5.41) is 3.32. The van der Waals surface area contributed by atoms with Crippen molar-refractivity contribution in [1.82, 2.24) is 14.5 Å². The summed E-state index contributed by atoms with van der Waals surface area (Å²) in [7, 11) is 1.60. The van der Waals surface area contributed by atoms with E-state index in [-0.39, 0.29) is 18.0 Å². The molecule has 1 aliphatic rings. The summed E-state index contributed by atoms with van der Waals surface area (Å²) in [5.74, 6) is -1.77. The molecule has 5 rings (SSSR count). The van der Waals surface area contributed by atoms with Gasteiger partial charge in [0.25, 0.3) is 11.8 Å². The van der Waals surface area contributed by atoms with Gasteiger partial charge in [-0.15, -0.1) is 0 Å². The Hall–Kier alpha value is -3.94. The van der Waals surface area contributed by atoms with Crippen LogP contribution in [0.25, 0.3) is 11.0 Å². The van der Waals surface area contributed by atoms with Crippen molar-refractivity contribution in [3.8, 4) is 5.75 Å². The van der Waals surface area contributed by atoms with Crippen LogP contribution >= 0.6 is 0 Å². The number of carbonyl (C=O) groups is 1. The van der Waals surface area contributed by atoms with Crippen LogP contribution in [0.4, 0.5) is 20.4 Å². The number of imidazole rings is 1. The largest absolute Gasteiger partial charge is 0.497 e. The SMILES string of the molecule is COc1ccc(Nc2nc3cc(C(=O)N4CCCCC4)ccc3n2Cc2ccccc2C(C)(F)F)cc1. The van der Waals surface area contributed by atoms with Crippen LogP contribution in [0.2, 0.25) is 0 Å². The number of aromatic nitrogens is 2. The fourth-order valence-corrected chi connectivity index (χ4v) is 4.86. The molecule has 0 bridgehead atoms. The van der Waals surface area contributed by atoms with Gasteiger partial charge in [-0.2, -0.15) is 0 Å². The van der Waals surface area contributed by atoms with E-state index < -0.39 is 5.92 Å². The van der Waals surface area contributed by atoms with Gasteiger partial charge in [-0.05, 0) is 67.3 Å². The molecule has 192 valence electrons. The zero-order chi connectivity index (χ0) is 26.0. The van der Waals surface area contributed by atoms with Gasteiger partial charge in [0.1, 0.15) is 5.75 Å². The van der Waals surface area contributed by atoms with E-state index in [4.69, 9.17) is 9.72 Å². The first kappa shape index (κ1) is 24.7. The lowest BCUT2D eigenvalue weighted by Gasteiger charge is -2.26. The lowest BCUT2D eigenvalue weighted by Crippen LogP contribution is -2.35. The van der Waals surface area contributed by atoms with Gasteiger partial charge in [0.2, 0.25) is 5.95 Å². The first-order valence-corrected chi connectivity index (χ1v) is 12.5. The average molecular weight is 505 g/mol. The Balaban J connectivity index is 1.56. The highest BCUT2D eigenvalue weighted by molar-refractivity contribution is 5.98. The van der Waals surface area contributed by atoms with Crippen molar-refractivity contribution in [2.45, 2.75) is 38.7 Å². The highest BCUT2D eigenvalue weighted by Gasteiger charge is 2.28. The highest BCUT2D eigenvalue weighted by Crippen LogP contribution is 2.32. The molecule has 8 heteroatoms. The van der Waals surface area contributed by atoms with Gasteiger partial charge < -0.3 is 19.5 Å². The smallest absolute Gasteiger partial charge is 0.270 e. The second-order valence-corrected chi connectivity index (χ2v) is 9.48. The summed E-state index contributed by atoms with van der Waals surface area (Å²) in [4.78, 5) is 19.8. The van der Waals surface area contributed by atoms with E-state index in [0.717, 1.165) is 56.2 Å². The molecule has 0 unspecified atom stereocenters. The summed E-state index contributed by atoms with van der Waals surface area (Å²) >= 11 is 0. The van der Waals surface area contributed by atoms with Crippen LogP contribution in [-0.2, 0) is 12.5 Å². The van der Waals surface area contributed by atoms with Crippen LogP contribution in [0.3, 0.4) is 0 Å². The van der Waals surface area contributed by atoms with Crippen LogP contribution in [0.1, 0.15) is 47.7 Å². The quantitative estimate of drug-likeness (QED) is 0.309. The molecule has 37 heavy (non-hydrogen) atoms. The Kier molecular flexibility index (Phi) is 6.82. The molecule has 1 N–H and O–H groups in total. The van der Waals surface area contributed by atoms with Crippen molar-refractivity contribution in [2.75, 3.05) is 25.5 Å². The monoisotopic (exact) mass is 504 g/mol. The summed E-state index contributed by atoms with van der Waals surface area (Å²) in [6, 6.07) is 19.4. The number of likely N-dealkylation sites (tertiary alicyclic amines) is 1. The highest BCUT2D eigenvalue weighted by atomic mass is 19.3. The third-order valence-electron chi connectivity index (χ3n) is 6.80. The number of nitrogens with one attached hydrogen (secondary N) is 1. The topological polar surface area (TPSA) is 59.4 Å². The molecule has 1 saturated heterocycles. The summed E-state index contributed by atoms with van der Waals surface area (Å²) in [5.41, 5.74) is 3.20. The number of rotatable bonds is 7. The number of methoxy groups -OCH3 is 1. The van der Waals surface area contributed by atoms with Crippen LogP contribution < -0.4 is 10.1 Å². The molecule has 2 heterocycles. The Labute approximate surface area is 214 Å². The Bertz CT molecular complexity index is 1400. The minimum Gasteiger partial charge on any atom is -0.497 e. The van der Waals surface area contributed by atoms with Gasteiger partial charge in [-0.1, -0.05) is 24.3 Å². The van der Waals surface area contributed by atoms with E-state index in [1.54, 1.807) is 37.4 Å². The van der Waals surface area contributed by atoms with Gasteiger partial charge in [-0.3, -0.25) is 4.79 Å². The van der Waals surface area contributed by atoms with Gasteiger partial charge >= 0.3 is 0 Å². The van der Waals surface area contributed by atoms with Crippen LogP contribution in [-0.4, -0.2) is 40.6 Å². The molecular formula is C29H30F2N4O2. The Morgan fingerprint density at radius 2 is 1.76 bits per heavy atom. The first-order valence-electron chi connectivity index (χ1n) is 12.5. The number of benzene rings is 3. The molecule has 1 fully saturated rings. The molecule has 0 radical (unpaired) electrons. The van der Waals surface area contributed by atoms with E-state index in [1.165, 1.54) is 6.07 Å². The zero-order valence-corrected chi connectivity index (χ0v) is 21.0. The van der Waals surface area contributed by atoms with E-state index >= 15 is 0 Å². The number of alkyl halides is 2. The van der Waals surface area contributed by atoms with E-state index in [2.05, 4.69) is 5.32 Å². The van der Waals surface area contributed by atoms with Crippen molar-refractivity contribution < 1.29 is 18.3 Å². The normalized spacial score (nSPS) is 14.1. The van der Waals surface area contributed by atoms with E-state index in [0.29, 0.717) is 22.6 Å². The molecule has 0 saturated carbocycles. The fourth-order valence-electron chi connectivity index (χ4n) is 4.86. The molecule has 1 aliphatic heterocycles. The maximum Gasteiger partial charge on any atom is 0.270 e. The predicted molar refractivity (Wildman–Crippen MR) is 141 cm³/mol. The lowest BCUT2D eigenvalue weighted by molar-refractivity contribution is 0.0165. The molecule has 1 aromatic heterocycles. The van der Waals surface area contributed by atoms with Crippen molar-refractivity contribution in [3.63, 3.8) is 0 Å². The molecule has 3 aromatic carbocycles. The van der Waals surface area contributed by atoms with Gasteiger partial charge in [0.05, 0.1) is 24.7 Å². The lowest BCUT2D eigenvalue weighted by atomic mass is 10.0. The number of hydrogen-bond acceptors (Lipinski definition) is 4. The van der Waals surface area contributed by atoms with Crippen LogP contribution in [0.5, 0.6) is 5.75 Å². The molecule has 6 nitrogen and oxygen atoms in total. The average Bonchev–Trinajstić information content (AvgIpc) is 3.24. The van der Waals surface area contributed by atoms with Gasteiger partial charge in [0.15, 0.2) is 0 Å². The number of nitrogens with zero attached hydrogens (tertiary/aromatic N) is 3. The number of ether oxygens (including phenoxy) is 1. The molecule has 0 spiro atoms. The number of carbonyl (C=O) groups excluding carboxylic acids is 1. The number of amides is 1. The third-order valence-corrected chi connectivity index (χ3v) is 6.80. The number of fused-ring (bicyclic) bond motifs is 1. The molecular weight excluding hydrogens is 474 g/mol. The van der Waals surface area contributed by atoms with Crippen LogP contribution in [0, 0.1) is 0 Å². The molecule has 0 aliphatic carbocycles. The maximum absolute atomic E-state index is 14.4. The number of anilines is 2. The summed E-state index contributed by atoms with van der Waals surface area (Å²) in [6.45, 7) is 2.62. The minimum atomic E-state index is -2.98. The third kappa shape index (κ3) is 5.28. The predicted octanol–water partition coefficient (Wildman–Crippen LogP) is 6.57. The van der Waals surface area contributed by atoms with E-state index in [9.17, 15) is 13.6 Å². The van der Waals surface area contributed by atoms with Crippen molar-refractivity contribution in [3.05, 3.63) is 83.4 Å². The van der Waals surface area contributed by atoms with Gasteiger partial charge in [-0.25, -0.2) is 13.8 Å². The molecule has 0 atom stereocenters. The number of piperidine rings is 1. The summed E-state index contributed by atoms with van der Waals surface area (Å²) < 4.78 is 35.9. The standard InChI is InChI=1S/C29H30F2N4O2/c1-29(30,31)24-9-5-4-8-21(24)19-35-26-15-10-20(27(36)34-16-6-3-7-17-34)18-25(26)33-28(35)32-22-11-13-23(37-2)14-12-22/h4-5,8-15,18H,3,6-7,16-17,19H2,1-2H3,(H,32,33). The first-order chi connectivity index (χ1) is 17.8. The van der Waals surface area contributed by atoms with Crippen molar-refractivity contribution in [1.29, 1.82) is 0 Å². The number of halogens is 2. The maximum atomic E-state index is 14.4. The van der Waals surface area contributed by atoms with Crippen LogP contribution in [0.15, 0.2) is 66.7 Å². The Morgan fingerprint density at radius 1 is 1.03 bits per heavy atom. The molecule has 4 aromatic rings. The van der Waals surface area contributed by atoms with Crippen molar-refractivity contribution in [2.24, 2.45) is 0 Å². The van der Waals surface area contributed by atoms with E-state index in [1.807, 2.05) is 39.8 Å².